The van der Waals surface area contributed by atoms with Crippen molar-refractivity contribution in [1.29, 1.82) is 0 Å². The molecule has 1 heterocycles. The number of nitrogens with one attached hydrogen (secondary N) is 1. The lowest BCUT2D eigenvalue weighted by atomic mass is 10.2. The minimum atomic E-state index is -0.178. The second-order valence-electron chi connectivity index (χ2n) is 4.69. The van der Waals surface area contributed by atoms with Crippen molar-refractivity contribution in [3.8, 4) is 0 Å². The lowest BCUT2D eigenvalue weighted by molar-refractivity contribution is 0.296. The molecule has 0 saturated carbocycles. The molecule has 0 bridgehead atoms. The van der Waals surface area contributed by atoms with Crippen molar-refractivity contribution in [2.75, 3.05) is 31.5 Å². The van der Waals surface area contributed by atoms with Crippen LogP contribution < -0.4 is 5.32 Å². The summed E-state index contributed by atoms with van der Waals surface area (Å²) >= 11 is 0. The number of hydrogen-bond donors (Lipinski definition) is 1. The monoisotopic (exact) mass is 236 g/mol. The molecule has 2 nitrogen and oxygen atoms in total. The summed E-state index contributed by atoms with van der Waals surface area (Å²) in [5.74, 6) is -0.178. The topological polar surface area (TPSA) is 15.3 Å². The smallest absolute Gasteiger partial charge is 0.123 e. The Balaban J connectivity index is 1.69. The summed E-state index contributed by atoms with van der Waals surface area (Å²) in [6, 6.07) is 6.57. The van der Waals surface area contributed by atoms with E-state index in [1.807, 2.05) is 0 Å². The van der Waals surface area contributed by atoms with Crippen LogP contribution in [-0.2, 0) is 0 Å². The Morgan fingerprint density at radius 2 is 1.65 bits per heavy atom. The van der Waals surface area contributed by atoms with Gasteiger partial charge in [-0.3, -0.25) is 0 Å². The first-order valence-corrected chi connectivity index (χ1v) is 6.56. The van der Waals surface area contributed by atoms with Gasteiger partial charge in [0.2, 0.25) is 0 Å². The summed E-state index contributed by atoms with van der Waals surface area (Å²) in [5.41, 5.74) is 1.00. The third-order valence-electron chi connectivity index (χ3n) is 3.30. The van der Waals surface area contributed by atoms with Gasteiger partial charge >= 0.3 is 0 Å². The van der Waals surface area contributed by atoms with Crippen LogP contribution in [0.2, 0.25) is 0 Å². The lowest BCUT2D eigenvalue weighted by Crippen LogP contribution is -2.29. The van der Waals surface area contributed by atoms with Gasteiger partial charge in [0.15, 0.2) is 0 Å². The standard InChI is InChI=1S/C14H21FN2/c15-13-5-7-14(8-6-13)16-9-12-17-10-3-1-2-4-11-17/h5-8,16H,1-4,9-12H2. The summed E-state index contributed by atoms with van der Waals surface area (Å²) in [6.07, 6.45) is 5.41. The van der Waals surface area contributed by atoms with Crippen LogP contribution in [0.1, 0.15) is 25.7 Å². The van der Waals surface area contributed by atoms with Gasteiger partial charge in [0.25, 0.3) is 0 Å². The second kappa shape index (κ2) is 6.60. The number of rotatable bonds is 4. The Kier molecular flexibility index (Phi) is 4.80. The largest absolute Gasteiger partial charge is 0.384 e. The van der Waals surface area contributed by atoms with Crippen LogP contribution in [0, 0.1) is 5.82 Å². The molecule has 0 spiro atoms. The van der Waals surface area contributed by atoms with Gasteiger partial charge in [0.1, 0.15) is 5.82 Å². The molecule has 1 aliphatic rings. The molecule has 1 N–H and O–H groups in total. The zero-order valence-electron chi connectivity index (χ0n) is 10.3. The summed E-state index contributed by atoms with van der Waals surface area (Å²) in [6.45, 7) is 4.47. The van der Waals surface area contributed by atoms with E-state index >= 15 is 0 Å². The maximum absolute atomic E-state index is 12.7. The molecule has 3 heteroatoms. The first kappa shape index (κ1) is 12.4. The molecule has 0 aromatic heterocycles. The fourth-order valence-electron chi connectivity index (χ4n) is 2.29. The van der Waals surface area contributed by atoms with E-state index in [1.165, 1.54) is 50.9 Å². The van der Waals surface area contributed by atoms with E-state index in [-0.39, 0.29) is 5.82 Å². The number of nitrogens with zero attached hydrogens (tertiary/aromatic N) is 1. The Morgan fingerprint density at radius 1 is 1.00 bits per heavy atom. The fraction of sp³-hybridized carbons (Fsp3) is 0.571. The van der Waals surface area contributed by atoms with Gasteiger partial charge in [0, 0.05) is 18.8 Å². The van der Waals surface area contributed by atoms with Crippen molar-refractivity contribution in [3.05, 3.63) is 30.1 Å². The molecule has 2 rings (SSSR count). The highest BCUT2D eigenvalue weighted by atomic mass is 19.1. The van der Waals surface area contributed by atoms with E-state index in [9.17, 15) is 4.39 Å². The van der Waals surface area contributed by atoms with Gasteiger partial charge < -0.3 is 10.2 Å². The Bertz CT molecular complexity index is 315. The molecular formula is C14H21FN2. The van der Waals surface area contributed by atoms with Crippen LogP contribution in [0.4, 0.5) is 10.1 Å². The van der Waals surface area contributed by atoms with E-state index in [4.69, 9.17) is 0 Å². The maximum atomic E-state index is 12.7. The molecule has 0 unspecified atom stereocenters. The maximum Gasteiger partial charge on any atom is 0.123 e. The van der Waals surface area contributed by atoms with E-state index in [0.29, 0.717) is 0 Å². The van der Waals surface area contributed by atoms with Crippen molar-refractivity contribution < 1.29 is 4.39 Å². The van der Waals surface area contributed by atoms with Crippen LogP contribution in [0.15, 0.2) is 24.3 Å². The summed E-state index contributed by atoms with van der Waals surface area (Å²) in [7, 11) is 0. The first-order valence-electron chi connectivity index (χ1n) is 6.56. The van der Waals surface area contributed by atoms with Gasteiger partial charge in [0.05, 0.1) is 0 Å². The first-order chi connectivity index (χ1) is 8.34. The molecule has 0 atom stereocenters. The van der Waals surface area contributed by atoms with Crippen LogP contribution in [0.3, 0.4) is 0 Å². The van der Waals surface area contributed by atoms with Crippen molar-refractivity contribution in [1.82, 2.24) is 4.90 Å². The molecule has 1 aromatic rings. The molecule has 1 fully saturated rings. The predicted molar refractivity (Wildman–Crippen MR) is 69.8 cm³/mol. The Labute approximate surface area is 103 Å². The SMILES string of the molecule is Fc1ccc(NCCN2CCCCCC2)cc1. The zero-order chi connectivity index (χ0) is 11.9. The zero-order valence-corrected chi connectivity index (χ0v) is 10.3. The molecule has 0 amide bonds. The van der Waals surface area contributed by atoms with Crippen molar-refractivity contribution in [2.45, 2.75) is 25.7 Å². The van der Waals surface area contributed by atoms with Crippen LogP contribution >= 0.6 is 0 Å². The second-order valence-corrected chi connectivity index (χ2v) is 4.69. The van der Waals surface area contributed by atoms with Gasteiger partial charge in [-0.1, -0.05) is 12.8 Å². The Morgan fingerprint density at radius 3 is 2.29 bits per heavy atom. The Hall–Kier alpha value is -1.09. The van der Waals surface area contributed by atoms with Gasteiger partial charge in [-0.25, -0.2) is 4.39 Å². The third-order valence-corrected chi connectivity index (χ3v) is 3.30. The van der Waals surface area contributed by atoms with Crippen LogP contribution in [0.5, 0.6) is 0 Å². The number of halogens is 1. The van der Waals surface area contributed by atoms with Crippen molar-refractivity contribution in [2.24, 2.45) is 0 Å². The quantitative estimate of drug-likeness (QED) is 0.864. The number of hydrogen-bond acceptors (Lipinski definition) is 2. The average molecular weight is 236 g/mol. The van der Waals surface area contributed by atoms with Crippen LogP contribution in [-0.4, -0.2) is 31.1 Å². The van der Waals surface area contributed by atoms with Gasteiger partial charge in [-0.2, -0.15) is 0 Å². The molecule has 1 saturated heterocycles. The fourth-order valence-corrected chi connectivity index (χ4v) is 2.29. The van der Waals surface area contributed by atoms with Crippen molar-refractivity contribution >= 4 is 5.69 Å². The highest BCUT2D eigenvalue weighted by Crippen LogP contribution is 2.10. The van der Waals surface area contributed by atoms with Gasteiger partial charge in [-0.05, 0) is 50.2 Å². The highest BCUT2D eigenvalue weighted by molar-refractivity contribution is 5.42. The summed E-state index contributed by atoms with van der Waals surface area (Å²) < 4.78 is 12.7. The molecule has 0 radical (unpaired) electrons. The third kappa shape index (κ3) is 4.35. The van der Waals surface area contributed by atoms with E-state index < -0.39 is 0 Å². The molecule has 17 heavy (non-hydrogen) atoms. The summed E-state index contributed by atoms with van der Waals surface area (Å²) in [5, 5.41) is 3.33. The minimum absolute atomic E-state index is 0.178. The van der Waals surface area contributed by atoms with E-state index in [1.54, 1.807) is 12.1 Å². The minimum Gasteiger partial charge on any atom is -0.384 e. The molecule has 1 aromatic carbocycles. The molecule has 0 aliphatic carbocycles. The summed E-state index contributed by atoms with van der Waals surface area (Å²) in [4.78, 5) is 2.52. The molecule has 1 aliphatic heterocycles. The average Bonchev–Trinajstić information content (AvgIpc) is 2.60. The normalized spacial score (nSPS) is 17.7. The molecule has 94 valence electrons. The number of likely N-dealkylation sites (tertiary alicyclic amines) is 1. The van der Waals surface area contributed by atoms with Gasteiger partial charge in [-0.15, -0.1) is 0 Å². The van der Waals surface area contributed by atoms with Crippen LogP contribution in [0.25, 0.3) is 0 Å². The van der Waals surface area contributed by atoms with E-state index in [2.05, 4.69) is 10.2 Å². The van der Waals surface area contributed by atoms with E-state index in [0.717, 1.165) is 18.8 Å². The lowest BCUT2D eigenvalue weighted by Gasteiger charge is -2.20. The number of benzene rings is 1. The predicted octanol–water partition coefficient (Wildman–Crippen LogP) is 3.11. The van der Waals surface area contributed by atoms with Crippen molar-refractivity contribution in [3.63, 3.8) is 0 Å². The highest BCUT2D eigenvalue weighted by Gasteiger charge is 2.07. The number of anilines is 1. The molecular weight excluding hydrogens is 215 g/mol.